The van der Waals surface area contributed by atoms with Gasteiger partial charge in [0, 0.05) is 23.9 Å². The molecule has 11 heteroatoms. The number of hydrogen-bond donors (Lipinski definition) is 3. The normalized spacial score (nSPS) is 14.9. The molecule has 0 spiro atoms. The van der Waals surface area contributed by atoms with Crippen LogP contribution in [-0.2, 0) is 9.59 Å². The average molecular weight is 545 g/mol. The maximum atomic E-state index is 14.0. The average Bonchev–Trinajstić information content (AvgIpc) is 3.35. The lowest BCUT2D eigenvalue weighted by Crippen LogP contribution is -2.40. The molecule has 0 unspecified atom stereocenters. The van der Waals surface area contributed by atoms with E-state index >= 15 is 0 Å². The van der Waals surface area contributed by atoms with E-state index in [0.29, 0.717) is 29.7 Å². The summed E-state index contributed by atoms with van der Waals surface area (Å²) in [6.45, 7) is 3.34. The number of nitrogen functional groups attached to an aromatic ring is 1. The van der Waals surface area contributed by atoms with Crippen LogP contribution in [0.1, 0.15) is 31.7 Å². The summed E-state index contributed by atoms with van der Waals surface area (Å²) >= 11 is 0. The lowest BCUT2D eigenvalue weighted by molar-refractivity contribution is -0.123. The van der Waals surface area contributed by atoms with Crippen molar-refractivity contribution in [2.45, 2.75) is 31.7 Å². The summed E-state index contributed by atoms with van der Waals surface area (Å²) in [6, 6.07) is 10.5. The number of rotatable bonds is 6. The summed E-state index contributed by atoms with van der Waals surface area (Å²) in [5.41, 5.74) is 14.2. The van der Waals surface area contributed by atoms with Gasteiger partial charge in [-0.2, -0.15) is 0 Å². The molecule has 2 aromatic heterocycles. The number of aromatic nitrogens is 3. The number of nitrogens with zero attached hydrogens (tertiary/aromatic N) is 3. The summed E-state index contributed by atoms with van der Waals surface area (Å²) in [5, 5.41) is 0.704. The second-order valence-corrected chi connectivity index (χ2v) is 9.30. The lowest BCUT2D eigenvalue weighted by Gasteiger charge is -2.25. The van der Waals surface area contributed by atoms with Crippen LogP contribution in [-0.4, -0.2) is 26.3 Å². The first kappa shape index (κ1) is 26.5. The van der Waals surface area contributed by atoms with Gasteiger partial charge in [-0.1, -0.05) is 30.4 Å². The molecule has 0 radical (unpaired) electrons. The molecule has 0 atom stereocenters. The molecule has 9 nitrogen and oxygen atoms in total. The Balaban J connectivity index is 1.36. The van der Waals surface area contributed by atoms with Crippen LogP contribution < -0.4 is 21.3 Å². The Bertz CT molecular complexity index is 1600. The highest BCUT2D eigenvalue weighted by Crippen LogP contribution is 2.39. The van der Waals surface area contributed by atoms with Crippen molar-refractivity contribution in [3.63, 3.8) is 0 Å². The minimum atomic E-state index is -0.789. The van der Waals surface area contributed by atoms with Gasteiger partial charge in [-0.15, -0.1) is 0 Å². The number of hydrogen-bond acceptors (Lipinski definition) is 6. The molecular formula is C29H26F2N6O3. The number of amides is 2. The van der Waals surface area contributed by atoms with E-state index in [0.717, 1.165) is 47.8 Å². The zero-order chi connectivity index (χ0) is 28.2. The zero-order valence-electron chi connectivity index (χ0n) is 21.4. The summed E-state index contributed by atoms with van der Waals surface area (Å²) in [5.74, 6) is -2.32. The number of fused-ring (bicyclic) bond motifs is 1. The lowest BCUT2D eigenvalue weighted by atomic mass is 9.90. The number of nitrogens with two attached hydrogens (primary N) is 1. The Labute approximate surface area is 228 Å². The van der Waals surface area contributed by atoms with E-state index in [-0.39, 0.29) is 11.8 Å². The minimum absolute atomic E-state index is 0.109. The number of halogens is 2. The van der Waals surface area contributed by atoms with Crippen LogP contribution in [0.15, 0.2) is 79.3 Å². The fourth-order valence-corrected chi connectivity index (χ4v) is 4.80. The van der Waals surface area contributed by atoms with Crippen molar-refractivity contribution in [1.82, 2.24) is 25.4 Å². The molecular weight excluding hydrogens is 518 g/mol. The van der Waals surface area contributed by atoms with E-state index < -0.39 is 29.2 Å². The van der Waals surface area contributed by atoms with Gasteiger partial charge in [-0.25, -0.2) is 18.7 Å². The molecule has 1 aliphatic rings. The van der Waals surface area contributed by atoms with Crippen LogP contribution in [0.5, 0.6) is 11.5 Å². The molecule has 0 saturated heterocycles. The molecule has 2 heterocycles. The molecule has 1 saturated carbocycles. The summed E-state index contributed by atoms with van der Waals surface area (Å²) in [6.07, 6.45) is 8.92. The highest BCUT2D eigenvalue weighted by molar-refractivity contribution is 6.00. The van der Waals surface area contributed by atoms with Gasteiger partial charge in [0.1, 0.15) is 23.5 Å². The van der Waals surface area contributed by atoms with Gasteiger partial charge in [-0.3, -0.25) is 20.4 Å². The van der Waals surface area contributed by atoms with E-state index in [4.69, 9.17) is 10.5 Å². The third-order valence-electron chi connectivity index (χ3n) is 6.76. The van der Waals surface area contributed by atoms with Crippen molar-refractivity contribution in [2.24, 2.45) is 0 Å². The highest BCUT2D eigenvalue weighted by Gasteiger charge is 2.24. The number of allylic oxidation sites excluding steroid dienone is 1. The Kier molecular flexibility index (Phi) is 7.54. The van der Waals surface area contributed by atoms with Crippen LogP contribution in [0.25, 0.3) is 22.2 Å². The van der Waals surface area contributed by atoms with Crippen LogP contribution >= 0.6 is 0 Å². The van der Waals surface area contributed by atoms with Gasteiger partial charge in [0.15, 0.2) is 17.4 Å². The molecule has 40 heavy (non-hydrogen) atoms. The first-order valence-corrected chi connectivity index (χ1v) is 12.6. The Morgan fingerprint density at radius 2 is 1.70 bits per heavy atom. The Morgan fingerprint density at radius 1 is 1.02 bits per heavy atom. The van der Waals surface area contributed by atoms with Crippen molar-refractivity contribution < 1.29 is 23.1 Å². The molecule has 1 aliphatic carbocycles. The van der Waals surface area contributed by atoms with Crippen molar-refractivity contribution in [2.75, 3.05) is 5.73 Å². The largest absolute Gasteiger partial charge is 0.451 e. The highest BCUT2D eigenvalue weighted by atomic mass is 19.1. The molecule has 5 rings (SSSR count). The monoisotopic (exact) mass is 544 g/mol. The summed E-state index contributed by atoms with van der Waals surface area (Å²) in [7, 11) is 0. The van der Waals surface area contributed by atoms with E-state index in [2.05, 4.69) is 32.0 Å². The number of benzene rings is 2. The van der Waals surface area contributed by atoms with E-state index in [9.17, 15) is 18.4 Å². The third-order valence-corrected chi connectivity index (χ3v) is 6.76. The van der Waals surface area contributed by atoms with Crippen molar-refractivity contribution >= 4 is 28.7 Å². The molecule has 204 valence electrons. The van der Waals surface area contributed by atoms with E-state index in [1.165, 1.54) is 18.5 Å². The fourth-order valence-electron chi connectivity index (χ4n) is 4.80. The van der Waals surface area contributed by atoms with Gasteiger partial charge >= 0.3 is 0 Å². The molecule has 2 amide bonds. The van der Waals surface area contributed by atoms with Gasteiger partial charge in [0.25, 0.3) is 11.8 Å². The van der Waals surface area contributed by atoms with Crippen LogP contribution in [0.2, 0.25) is 0 Å². The number of nitrogens with one attached hydrogen (secondary N) is 2. The minimum Gasteiger partial charge on any atom is -0.451 e. The third kappa shape index (κ3) is 5.53. The number of carbonyl (C=O) groups excluding carboxylic acids is 2. The van der Waals surface area contributed by atoms with Crippen LogP contribution in [0.4, 0.5) is 14.6 Å². The zero-order valence-corrected chi connectivity index (χ0v) is 21.4. The van der Waals surface area contributed by atoms with Crippen molar-refractivity contribution in [1.29, 1.82) is 0 Å². The van der Waals surface area contributed by atoms with Crippen LogP contribution in [0.3, 0.4) is 0 Å². The van der Waals surface area contributed by atoms with Gasteiger partial charge in [-0.05, 0) is 61.6 Å². The number of hydrazine groups is 1. The molecule has 1 fully saturated rings. The molecule has 0 bridgehead atoms. The smallest absolute Gasteiger partial charge is 0.262 e. The standard InChI is InChI=1S/C29H26F2N6O3/c1-2-24(38)35-36-25(39)14-17-6-10-19(11-7-17)37-15-21(26-28(32)33-16-34-29(26)37)18-8-12-20(13-9-18)40-27-22(30)4-3-5-23(27)31/h2-5,8-9,12-16,19H,1,6-7,10-11H2,(H,35,38)(H,36,39)(H2,32,33,34). The Morgan fingerprint density at radius 3 is 2.38 bits per heavy atom. The van der Waals surface area contributed by atoms with Crippen molar-refractivity contribution in [3.8, 4) is 22.6 Å². The SMILES string of the molecule is C=CC(=O)NNC(=O)C=C1CCC(n2cc(-c3ccc(Oc4c(F)cccc4F)cc3)c3c(N)ncnc32)CC1. The Hall–Kier alpha value is -5.06. The quantitative estimate of drug-likeness (QED) is 0.229. The first-order valence-electron chi connectivity index (χ1n) is 12.6. The predicted octanol–water partition coefficient (Wildman–Crippen LogP) is 5.13. The maximum absolute atomic E-state index is 14.0. The van der Waals surface area contributed by atoms with Crippen molar-refractivity contribution in [3.05, 3.63) is 90.9 Å². The molecule has 2 aromatic carbocycles. The predicted molar refractivity (Wildman–Crippen MR) is 146 cm³/mol. The summed E-state index contributed by atoms with van der Waals surface area (Å²) < 4.78 is 35.5. The van der Waals surface area contributed by atoms with Gasteiger partial charge in [0.2, 0.25) is 0 Å². The first-order chi connectivity index (χ1) is 19.3. The molecule has 4 aromatic rings. The second-order valence-electron chi connectivity index (χ2n) is 9.30. The maximum Gasteiger partial charge on any atom is 0.262 e. The number of para-hydroxylation sites is 1. The van der Waals surface area contributed by atoms with Crippen LogP contribution in [0, 0.1) is 11.6 Å². The molecule has 4 N–H and O–H groups in total. The van der Waals surface area contributed by atoms with Gasteiger partial charge in [0.05, 0.1) is 5.39 Å². The summed E-state index contributed by atoms with van der Waals surface area (Å²) in [4.78, 5) is 32.0. The van der Waals surface area contributed by atoms with E-state index in [1.807, 2.05) is 6.20 Å². The second kappa shape index (κ2) is 11.4. The number of ether oxygens (including phenoxy) is 1. The number of anilines is 1. The topological polar surface area (TPSA) is 124 Å². The molecule has 0 aliphatic heterocycles. The van der Waals surface area contributed by atoms with E-state index in [1.54, 1.807) is 24.3 Å². The fraction of sp³-hybridized carbons (Fsp3) is 0.172. The number of carbonyl (C=O) groups is 2. The van der Waals surface area contributed by atoms with Gasteiger partial charge < -0.3 is 15.0 Å².